The molecule has 1 aromatic carbocycles. The summed E-state index contributed by atoms with van der Waals surface area (Å²) < 4.78 is 36.7. The van der Waals surface area contributed by atoms with Gasteiger partial charge in [-0.15, -0.1) is 0 Å². The lowest BCUT2D eigenvalue weighted by atomic mass is 10.1. The minimum atomic E-state index is -3.44. The van der Waals surface area contributed by atoms with Crippen LogP contribution in [0.15, 0.2) is 29.2 Å². The van der Waals surface area contributed by atoms with Gasteiger partial charge in [0.05, 0.1) is 11.4 Å². The Bertz CT molecular complexity index is 705. The lowest BCUT2D eigenvalue weighted by molar-refractivity contribution is -0.118. The number of nitrogens with two attached hydrogens (primary N) is 1. The minimum absolute atomic E-state index is 0.0146. The Labute approximate surface area is 128 Å². The van der Waals surface area contributed by atoms with Gasteiger partial charge in [0.15, 0.2) is 9.84 Å². The van der Waals surface area contributed by atoms with Gasteiger partial charge in [0.1, 0.15) is 6.17 Å². The Morgan fingerprint density at radius 2 is 2.09 bits per heavy atom. The average molecular weight is 328 g/mol. The third-order valence-corrected chi connectivity index (χ3v) is 4.68. The van der Waals surface area contributed by atoms with E-state index in [1.807, 2.05) is 0 Å². The molecule has 0 spiro atoms. The van der Waals surface area contributed by atoms with Crippen LogP contribution in [0.1, 0.15) is 23.2 Å². The molecule has 2 N–H and O–H groups in total. The number of carbonyl (C=O) groups excluding carboxylic acids is 2. The number of sulfone groups is 1. The molecule has 1 aliphatic heterocycles. The molecular formula is C14H17FN2O4S. The van der Waals surface area contributed by atoms with Crippen LogP contribution in [0.3, 0.4) is 0 Å². The molecule has 120 valence electrons. The largest absolute Gasteiger partial charge is 0.370 e. The summed E-state index contributed by atoms with van der Waals surface area (Å²) in [6.07, 6.45) is -0.232. The van der Waals surface area contributed by atoms with Crippen LogP contribution in [-0.2, 0) is 14.6 Å². The van der Waals surface area contributed by atoms with Crippen molar-refractivity contribution in [3.8, 4) is 0 Å². The van der Waals surface area contributed by atoms with Crippen LogP contribution in [0, 0.1) is 0 Å². The second-order valence-corrected chi connectivity index (χ2v) is 7.43. The van der Waals surface area contributed by atoms with Gasteiger partial charge in [0, 0.05) is 30.7 Å². The van der Waals surface area contributed by atoms with Crippen LogP contribution in [0.2, 0.25) is 0 Å². The van der Waals surface area contributed by atoms with Crippen LogP contribution >= 0.6 is 0 Å². The molecule has 22 heavy (non-hydrogen) atoms. The number of hydrogen-bond acceptors (Lipinski definition) is 4. The van der Waals surface area contributed by atoms with E-state index in [-0.39, 0.29) is 29.8 Å². The normalized spacial score (nSPS) is 21.8. The van der Waals surface area contributed by atoms with E-state index in [1.165, 1.54) is 29.2 Å². The van der Waals surface area contributed by atoms with E-state index in [1.54, 1.807) is 0 Å². The fraction of sp³-hybridized carbons (Fsp3) is 0.429. The molecule has 2 atom stereocenters. The van der Waals surface area contributed by atoms with Gasteiger partial charge in [-0.3, -0.25) is 9.59 Å². The fourth-order valence-electron chi connectivity index (χ4n) is 2.56. The predicted octanol–water partition coefficient (Wildman–Crippen LogP) is 0.518. The van der Waals surface area contributed by atoms with E-state index < -0.39 is 33.9 Å². The van der Waals surface area contributed by atoms with Crippen molar-refractivity contribution in [1.82, 2.24) is 4.90 Å². The van der Waals surface area contributed by atoms with Crippen LogP contribution in [-0.4, -0.2) is 50.1 Å². The molecule has 1 heterocycles. The quantitative estimate of drug-likeness (QED) is 0.871. The Kier molecular flexibility index (Phi) is 4.50. The van der Waals surface area contributed by atoms with E-state index in [2.05, 4.69) is 0 Å². The zero-order valence-electron chi connectivity index (χ0n) is 12.0. The van der Waals surface area contributed by atoms with E-state index in [4.69, 9.17) is 5.73 Å². The van der Waals surface area contributed by atoms with Crippen molar-refractivity contribution < 1.29 is 22.4 Å². The first-order valence-corrected chi connectivity index (χ1v) is 8.61. The smallest absolute Gasteiger partial charge is 0.254 e. The second kappa shape index (κ2) is 6.04. The van der Waals surface area contributed by atoms with Crippen LogP contribution in [0.25, 0.3) is 0 Å². The van der Waals surface area contributed by atoms with Crippen molar-refractivity contribution in [2.75, 3.05) is 12.8 Å². The van der Waals surface area contributed by atoms with E-state index in [9.17, 15) is 22.4 Å². The van der Waals surface area contributed by atoms with Gasteiger partial charge in [0.25, 0.3) is 5.91 Å². The van der Waals surface area contributed by atoms with Gasteiger partial charge in [-0.05, 0) is 18.2 Å². The number of rotatable bonds is 4. The number of likely N-dealkylation sites (tertiary alicyclic amines) is 1. The molecule has 2 rings (SSSR count). The van der Waals surface area contributed by atoms with Crippen LogP contribution in [0.4, 0.5) is 4.39 Å². The zero-order chi connectivity index (χ0) is 16.5. The molecule has 2 amide bonds. The van der Waals surface area contributed by atoms with Crippen molar-refractivity contribution in [3.05, 3.63) is 29.8 Å². The summed E-state index contributed by atoms with van der Waals surface area (Å²) in [4.78, 5) is 24.8. The molecule has 0 bridgehead atoms. The zero-order valence-corrected chi connectivity index (χ0v) is 12.8. The molecule has 1 saturated heterocycles. The molecule has 0 aliphatic carbocycles. The standard InChI is InChI=1S/C14H17FN2O4S/c1-22(20,21)12-4-2-3-9(5-12)14(19)17-8-10(15)6-11(17)7-13(16)18/h2-5,10-11H,6-8H2,1H3,(H2,16,18)/t10-,11+/m0/s1. The third kappa shape index (κ3) is 3.62. The number of carbonyl (C=O) groups is 2. The lowest BCUT2D eigenvalue weighted by Crippen LogP contribution is -2.38. The highest BCUT2D eigenvalue weighted by Gasteiger charge is 2.36. The number of halogens is 1. The third-order valence-electron chi connectivity index (χ3n) is 3.57. The Hall–Kier alpha value is -1.96. The summed E-state index contributed by atoms with van der Waals surface area (Å²) in [5, 5.41) is 0. The first kappa shape index (κ1) is 16.4. The maximum Gasteiger partial charge on any atom is 0.254 e. The molecule has 0 saturated carbocycles. The van der Waals surface area contributed by atoms with Gasteiger partial charge in [-0.2, -0.15) is 0 Å². The molecule has 0 unspecified atom stereocenters. The number of hydrogen-bond donors (Lipinski definition) is 1. The summed E-state index contributed by atoms with van der Waals surface area (Å²) in [6.45, 7) is -0.125. The summed E-state index contributed by atoms with van der Waals surface area (Å²) in [6, 6.07) is 4.96. The summed E-state index contributed by atoms with van der Waals surface area (Å²) >= 11 is 0. The first-order chi connectivity index (χ1) is 10.2. The highest BCUT2D eigenvalue weighted by atomic mass is 32.2. The van der Waals surface area contributed by atoms with Crippen molar-refractivity contribution in [2.24, 2.45) is 5.73 Å². The van der Waals surface area contributed by atoms with E-state index in [0.29, 0.717) is 0 Å². The Morgan fingerprint density at radius 3 is 2.68 bits per heavy atom. The second-order valence-electron chi connectivity index (χ2n) is 5.41. The van der Waals surface area contributed by atoms with Crippen molar-refractivity contribution in [3.63, 3.8) is 0 Å². The van der Waals surface area contributed by atoms with Crippen molar-refractivity contribution in [1.29, 1.82) is 0 Å². The van der Waals surface area contributed by atoms with E-state index >= 15 is 0 Å². The van der Waals surface area contributed by atoms with Crippen LogP contribution in [0.5, 0.6) is 0 Å². The highest BCUT2D eigenvalue weighted by Crippen LogP contribution is 2.25. The monoisotopic (exact) mass is 328 g/mol. The topological polar surface area (TPSA) is 97.5 Å². The van der Waals surface area contributed by atoms with Crippen molar-refractivity contribution in [2.45, 2.75) is 30.0 Å². The van der Waals surface area contributed by atoms with Gasteiger partial charge in [-0.25, -0.2) is 12.8 Å². The first-order valence-electron chi connectivity index (χ1n) is 6.72. The SMILES string of the molecule is CS(=O)(=O)c1cccc(C(=O)N2C[C@@H](F)C[C@@H]2CC(N)=O)c1. The Balaban J connectivity index is 2.29. The van der Waals surface area contributed by atoms with E-state index in [0.717, 1.165) is 6.26 Å². The molecular weight excluding hydrogens is 311 g/mol. The van der Waals surface area contributed by atoms with Crippen LogP contribution < -0.4 is 5.73 Å². The van der Waals surface area contributed by atoms with Gasteiger partial charge in [-0.1, -0.05) is 6.07 Å². The molecule has 1 aliphatic rings. The molecule has 0 aromatic heterocycles. The summed E-state index contributed by atoms with van der Waals surface area (Å²) in [7, 11) is -3.44. The summed E-state index contributed by atoms with van der Waals surface area (Å²) in [5.41, 5.74) is 5.27. The number of benzene rings is 1. The maximum absolute atomic E-state index is 13.6. The number of primary amides is 1. The highest BCUT2D eigenvalue weighted by molar-refractivity contribution is 7.90. The lowest BCUT2D eigenvalue weighted by Gasteiger charge is -2.23. The molecule has 0 radical (unpaired) electrons. The van der Waals surface area contributed by atoms with Gasteiger partial charge in [0.2, 0.25) is 5.91 Å². The Morgan fingerprint density at radius 1 is 1.41 bits per heavy atom. The molecule has 1 aromatic rings. The predicted molar refractivity (Wildman–Crippen MR) is 77.7 cm³/mol. The molecule has 1 fully saturated rings. The van der Waals surface area contributed by atoms with Gasteiger partial charge < -0.3 is 10.6 Å². The molecule has 8 heteroatoms. The van der Waals surface area contributed by atoms with Crippen molar-refractivity contribution >= 4 is 21.7 Å². The number of amides is 2. The average Bonchev–Trinajstić information content (AvgIpc) is 2.77. The minimum Gasteiger partial charge on any atom is -0.370 e. The number of alkyl halides is 1. The molecule has 6 nitrogen and oxygen atoms in total. The maximum atomic E-state index is 13.6. The van der Waals surface area contributed by atoms with Gasteiger partial charge >= 0.3 is 0 Å². The summed E-state index contributed by atoms with van der Waals surface area (Å²) in [5.74, 6) is -1.11. The fourth-order valence-corrected chi connectivity index (χ4v) is 3.23. The number of nitrogens with zero attached hydrogens (tertiary/aromatic N) is 1.